The van der Waals surface area contributed by atoms with E-state index in [-0.39, 0.29) is 10.9 Å². The monoisotopic (exact) mass is 508 g/mol. The largest absolute Gasteiger partial charge is 0.490 e. The highest BCUT2D eigenvalue weighted by molar-refractivity contribution is 7.94. The summed E-state index contributed by atoms with van der Waals surface area (Å²) in [5.41, 5.74) is 1.01. The van der Waals surface area contributed by atoms with Crippen LogP contribution in [0.4, 0.5) is 24.9 Å². The molecule has 0 amide bonds. The maximum absolute atomic E-state index is 12.1. The molecule has 1 heterocycles. The lowest BCUT2D eigenvalue weighted by molar-refractivity contribution is -0.192. The van der Waals surface area contributed by atoms with Crippen LogP contribution in [0.15, 0.2) is 75.4 Å². The molecular formula is C22H19F3N4O5S. The van der Waals surface area contributed by atoms with Gasteiger partial charge in [0.15, 0.2) is 0 Å². The van der Waals surface area contributed by atoms with Crippen molar-refractivity contribution in [2.75, 3.05) is 5.32 Å². The minimum Gasteiger partial charge on any atom is -0.475 e. The number of allylic oxidation sites excluding steroid dienone is 1. The van der Waals surface area contributed by atoms with E-state index in [1.165, 1.54) is 12.1 Å². The maximum Gasteiger partial charge on any atom is 0.490 e. The Labute approximate surface area is 198 Å². The summed E-state index contributed by atoms with van der Waals surface area (Å²) in [6.07, 6.45) is -4.15. The van der Waals surface area contributed by atoms with Crippen molar-refractivity contribution in [3.8, 4) is 6.07 Å². The zero-order valence-electron chi connectivity index (χ0n) is 18.3. The normalized spacial score (nSPS) is 11.9. The van der Waals surface area contributed by atoms with Gasteiger partial charge in [-0.15, -0.1) is 5.10 Å². The second-order valence-electron chi connectivity index (χ2n) is 7.33. The number of hydrogen-bond donors (Lipinski definition) is 2. The Morgan fingerprint density at radius 2 is 1.66 bits per heavy atom. The zero-order chi connectivity index (χ0) is 26.3. The molecule has 0 atom stereocenters. The van der Waals surface area contributed by atoms with Crippen LogP contribution in [0, 0.1) is 11.3 Å². The average Bonchev–Trinajstić information content (AvgIpc) is 3.28. The first kappa shape index (κ1) is 27.1. The van der Waals surface area contributed by atoms with E-state index in [4.69, 9.17) is 19.6 Å². The second-order valence-corrected chi connectivity index (χ2v) is 9.17. The summed E-state index contributed by atoms with van der Waals surface area (Å²) in [4.78, 5) is 9.00. The number of halogens is 3. The highest BCUT2D eigenvalue weighted by atomic mass is 32.2. The number of rotatable bonds is 6. The average molecular weight is 508 g/mol. The number of hydrogen-bond acceptors (Lipinski definition) is 8. The first-order valence-corrected chi connectivity index (χ1v) is 11.2. The number of aliphatic carboxylic acids is 1. The van der Waals surface area contributed by atoms with E-state index >= 15 is 0 Å². The third-order valence-corrected chi connectivity index (χ3v) is 5.88. The first-order chi connectivity index (χ1) is 16.3. The van der Waals surface area contributed by atoms with Gasteiger partial charge in [-0.05, 0) is 43.7 Å². The van der Waals surface area contributed by atoms with E-state index in [0.717, 1.165) is 22.7 Å². The summed E-state index contributed by atoms with van der Waals surface area (Å²) in [6, 6.07) is 17.8. The van der Waals surface area contributed by atoms with Crippen LogP contribution in [0.5, 0.6) is 0 Å². The smallest absolute Gasteiger partial charge is 0.475 e. The Morgan fingerprint density at radius 1 is 1.09 bits per heavy atom. The molecule has 0 saturated heterocycles. The van der Waals surface area contributed by atoms with Gasteiger partial charge < -0.3 is 14.8 Å². The molecule has 0 saturated carbocycles. The van der Waals surface area contributed by atoms with Crippen molar-refractivity contribution >= 4 is 27.5 Å². The van der Waals surface area contributed by atoms with Crippen LogP contribution in [0.25, 0.3) is 0 Å². The molecule has 0 unspecified atom stereocenters. The maximum atomic E-state index is 12.1. The first-order valence-electron chi connectivity index (χ1n) is 9.65. The topological polar surface area (TPSA) is 146 Å². The number of alkyl halides is 3. The molecule has 1 aromatic heterocycles. The van der Waals surface area contributed by atoms with E-state index in [0.29, 0.717) is 5.89 Å². The van der Waals surface area contributed by atoms with Gasteiger partial charge in [-0.2, -0.15) is 18.4 Å². The Balaban J connectivity index is 0.000000540. The summed E-state index contributed by atoms with van der Waals surface area (Å²) in [6.45, 7) is 3.82. The van der Waals surface area contributed by atoms with Crippen LogP contribution in [-0.2, 0) is 20.0 Å². The van der Waals surface area contributed by atoms with Crippen molar-refractivity contribution in [2.45, 2.75) is 30.3 Å². The second kappa shape index (κ2) is 10.8. The molecule has 184 valence electrons. The lowest BCUT2D eigenvalue weighted by atomic mass is 9.85. The summed E-state index contributed by atoms with van der Waals surface area (Å²) >= 11 is 0. The van der Waals surface area contributed by atoms with Gasteiger partial charge in [0.1, 0.15) is 0 Å². The summed E-state index contributed by atoms with van der Waals surface area (Å²) in [5, 5.41) is 27.7. The number of carboxylic acids is 1. The van der Waals surface area contributed by atoms with Crippen molar-refractivity contribution in [1.82, 2.24) is 10.2 Å². The lowest BCUT2D eigenvalue weighted by Gasteiger charge is -2.20. The van der Waals surface area contributed by atoms with Crippen LogP contribution < -0.4 is 5.32 Å². The number of sulfone groups is 1. The van der Waals surface area contributed by atoms with E-state index in [1.54, 1.807) is 18.2 Å². The predicted molar refractivity (Wildman–Crippen MR) is 118 cm³/mol. The molecule has 35 heavy (non-hydrogen) atoms. The Morgan fingerprint density at radius 3 is 2.17 bits per heavy atom. The number of carboxylic acid groups (broad SMARTS) is 1. The van der Waals surface area contributed by atoms with E-state index < -0.39 is 27.4 Å². The Bertz CT molecular complexity index is 1330. The fourth-order valence-electron chi connectivity index (χ4n) is 2.55. The minimum absolute atomic E-state index is 0.107. The van der Waals surface area contributed by atoms with Gasteiger partial charge in [0.25, 0.3) is 0 Å². The molecule has 0 spiro atoms. The lowest BCUT2D eigenvalue weighted by Crippen LogP contribution is -2.21. The van der Waals surface area contributed by atoms with Gasteiger partial charge in [-0.3, -0.25) is 0 Å². The molecule has 0 bridgehead atoms. The Hall–Kier alpha value is -4.18. The Kier molecular flexibility index (Phi) is 8.38. The molecule has 2 N–H and O–H groups in total. The quantitative estimate of drug-likeness (QED) is 0.457. The molecule has 0 aliphatic carbocycles. The van der Waals surface area contributed by atoms with Crippen molar-refractivity contribution in [3.63, 3.8) is 0 Å². The molecule has 0 aliphatic rings. The fourth-order valence-corrected chi connectivity index (χ4v) is 3.47. The summed E-state index contributed by atoms with van der Waals surface area (Å²) in [5.74, 6) is -2.36. The highest BCUT2D eigenvalue weighted by Gasteiger charge is 2.38. The van der Waals surface area contributed by atoms with Crippen LogP contribution in [0.3, 0.4) is 0 Å². The number of nitrogens with one attached hydrogen (secondary N) is 1. The number of nitriles is 1. The summed E-state index contributed by atoms with van der Waals surface area (Å²) < 4.78 is 61.7. The number of carbonyl (C=O) groups is 1. The van der Waals surface area contributed by atoms with Crippen LogP contribution in [-0.4, -0.2) is 35.9 Å². The number of para-hydroxylation sites is 1. The third kappa shape index (κ3) is 7.41. The van der Waals surface area contributed by atoms with Gasteiger partial charge >= 0.3 is 18.2 Å². The van der Waals surface area contributed by atoms with Gasteiger partial charge in [0.05, 0.1) is 16.4 Å². The minimum atomic E-state index is -5.08. The van der Waals surface area contributed by atoms with Crippen LogP contribution in [0.2, 0.25) is 0 Å². The highest BCUT2D eigenvalue weighted by Crippen LogP contribution is 2.32. The molecule has 0 radical (unpaired) electrons. The molecule has 0 fully saturated rings. The van der Waals surface area contributed by atoms with E-state index in [9.17, 15) is 21.6 Å². The van der Waals surface area contributed by atoms with E-state index in [1.807, 2.05) is 44.2 Å². The SMILES string of the molecule is CC(C)(c1ccc(S(=O)(=O)/C=C/C#N)cc1)c1nnc(Nc2ccccc2)o1.O=C(O)C(F)(F)F. The number of benzene rings is 2. The summed E-state index contributed by atoms with van der Waals surface area (Å²) in [7, 11) is -3.64. The fraction of sp³-hybridized carbons (Fsp3) is 0.182. The molecular weight excluding hydrogens is 489 g/mol. The zero-order valence-corrected chi connectivity index (χ0v) is 19.1. The predicted octanol–water partition coefficient (Wildman–Crippen LogP) is 4.58. The van der Waals surface area contributed by atoms with Gasteiger partial charge in [0, 0.05) is 17.2 Å². The number of aromatic nitrogens is 2. The third-order valence-electron chi connectivity index (χ3n) is 4.45. The van der Waals surface area contributed by atoms with Gasteiger partial charge in [-0.1, -0.05) is 35.4 Å². The van der Waals surface area contributed by atoms with Crippen LogP contribution >= 0.6 is 0 Å². The molecule has 2 aromatic carbocycles. The van der Waals surface area contributed by atoms with Crippen molar-refractivity contribution in [1.29, 1.82) is 5.26 Å². The molecule has 13 heteroatoms. The van der Waals surface area contributed by atoms with Gasteiger partial charge in [0.2, 0.25) is 15.7 Å². The number of nitrogens with zero attached hydrogens (tertiary/aromatic N) is 3. The number of anilines is 2. The molecule has 3 rings (SSSR count). The van der Waals surface area contributed by atoms with Crippen molar-refractivity contribution < 1.29 is 35.9 Å². The van der Waals surface area contributed by atoms with Crippen molar-refractivity contribution in [2.24, 2.45) is 0 Å². The van der Waals surface area contributed by atoms with Crippen molar-refractivity contribution in [3.05, 3.63) is 77.5 Å². The van der Waals surface area contributed by atoms with Crippen LogP contribution in [0.1, 0.15) is 25.3 Å². The molecule has 3 aromatic rings. The molecule has 0 aliphatic heterocycles. The van der Waals surface area contributed by atoms with Gasteiger partial charge in [-0.25, -0.2) is 13.2 Å². The van der Waals surface area contributed by atoms with E-state index in [2.05, 4.69) is 15.5 Å². The molecule has 9 nitrogen and oxygen atoms in total. The standard InChI is InChI=1S/C20H18N4O3S.C2HF3O2/c1-20(2,15-9-11-17(12-10-15)28(25,26)14-6-13-21)18-23-24-19(27-18)22-16-7-4-3-5-8-16;3-2(4,5)1(6)7/h3-12,14H,1-2H3,(H,22,24);(H,6,7)/b14-6+;.